The molecule has 4 nitrogen and oxygen atoms in total. The molecule has 1 fully saturated rings. The van der Waals surface area contributed by atoms with Gasteiger partial charge in [-0.3, -0.25) is 9.59 Å². The van der Waals surface area contributed by atoms with Crippen molar-refractivity contribution in [3.63, 3.8) is 0 Å². The van der Waals surface area contributed by atoms with Gasteiger partial charge in [-0.15, -0.1) is 23.5 Å². The summed E-state index contributed by atoms with van der Waals surface area (Å²) in [6.45, 7) is 8.58. The van der Waals surface area contributed by atoms with E-state index < -0.39 is 0 Å². The van der Waals surface area contributed by atoms with E-state index in [1.54, 1.807) is 23.5 Å². The maximum absolute atomic E-state index is 13.5. The van der Waals surface area contributed by atoms with Gasteiger partial charge in [0.05, 0.1) is 31.4 Å². The van der Waals surface area contributed by atoms with E-state index in [9.17, 15) is 9.59 Å². The van der Waals surface area contributed by atoms with E-state index in [1.807, 2.05) is 74.5 Å². The highest BCUT2D eigenvalue weighted by atomic mass is 32.2. The van der Waals surface area contributed by atoms with Crippen LogP contribution in [0.25, 0.3) is 0 Å². The average molecular weight is 555 g/mol. The molecule has 200 valence electrons. The van der Waals surface area contributed by atoms with E-state index in [1.165, 1.54) is 22.3 Å². The molecule has 2 unspecified atom stereocenters. The summed E-state index contributed by atoms with van der Waals surface area (Å²) in [4.78, 5) is 28.5. The maximum atomic E-state index is 13.5. The minimum atomic E-state index is -0.345. The number of hydrogen-bond acceptors (Lipinski definition) is 4. The van der Waals surface area contributed by atoms with Crippen LogP contribution in [0.1, 0.15) is 70.2 Å². The number of nitrogens with one attached hydrogen (secondary N) is 2. The molecule has 39 heavy (non-hydrogen) atoms. The van der Waals surface area contributed by atoms with Gasteiger partial charge in [0.25, 0.3) is 11.8 Å². The summed E-state index contributed by atoms with van der Waals surface area (Å²) in [5.41, 5.74) is 7.48. The van der Waals surface area contributed by atoms with Crippen molar-refractivity contribution in [1.82, 2.24) is 10.6 Å². The van der Waals surface area contributed by atoms with Crippen molar-refractivity contribution >= 4 is 35.3 Å². The Bertz CT molecular complexity index is 1360. The second kappa shape index (κ2) is 9.90. The number of benzene rings is 2. The van der Waals surface area contributed by atoms with Crippen LogP contribution in [0.15, 0.2) is 105 Å². The Labute approximate surface area is 239 Å². The van der Waals surface area contributed by atoms with Crippen LogP contribution in [0.5, 0.6) is 0 Å². The van der Waals surface area contributed by atoms with Crippen molar-refractivity contribution in [3.05, 3.63) is 116 Å². The summed E-state index contributed by atoms with van der Waals surface area (Å²) in [6.07, 6.45) is 7.43. The lowest BCUT2D eigenvalue weighted by atomic mass is 9.72. The molecule has 2 heterocycles. The van der Waals surface area contributed by atoms with E-state index in [0.29, 0.717) is 0 Å². The van der Waals surface area contributed by atoms with Crippen LogP contribution in [-0.2, 0) is 9.59 Å². The van der Waals surface area contributed by atoms with E-state index >= 15 is 0 Å². The number of carbonyl (C=O) groups is 2. The quantitative estimate of drug-likeness (QED) is 0.393. The molecule has 0 aromatic heterocycles. The van der Waals surface area contributed by atoms with Crippen molar-refractivity contribution in [2.75, 3.05) is 0 Å². The highest BCUT2D eigenvalue weighted by Crippen LogP contribution is 2.68. The van der Waals surface area contributed by atoms with Gasteiger partial charge in [-0.2, -0.15) is 0 Å². The first-order valence-corrected chi connectivity index (χ1v) is 15.4. The Hall–Kier alpha value is -2.96. The summed E-state index contributed by atoms with van der Waals surface area (Å²) >= 11 is 3.32. The lowest BCUT2D eigenvalue weighted by Gasteiger charge is -2.47. The van der Waals surface area contributed by atoms with Gasteiger partial charge < -0.3 is 10.6 Å². The molecule has 4 aliphatic rings. The normalized spacial score (nSPS) is 26.8. The lowest BCUT2D eigenvalue weighted by Crippen LogP contribution is -2.47. The number of hydrogen-bond donors (Lipinski definition) is 2. The molecule has 0 radical (unpaired) electrons. The highest BCUT2D eigenvalue weighted by molar-refractivity contribution is 8.10. The SMILES string of the molecule is C[C@@H](NC(=O)C1=CC2=C3CCCC3=C3C=C(C(=O)N[C@H](C)c4ccccc4)SC3(C)C2(C)S1)c1ccccc1. The summed E-state index contributed by atoms with van der Waals surface area (Å²) in [5, 5.41) is 6.43. The summed E-state index contributed by atoms with van der Waals surface area (Å²) in [5.74, 6) is -0.0641. The Kier molecular flexibility index (Phi) is 6.67. The molecular weight excluding hydrogens is 521 g/mol. The van der Waals surface area contributed by atoms with Gasteiger partial charge in [0.15, 0.2) is 0 Å². The molecule has 2 aromatic rings. The zero-order valence-electron chi connectivity index (χ0n) is 22.8. The number of thioether (sulfide) groups is 2. The smallest absolute Gasteiger partial charge is 0.258 e. The Morgan fingerprint density at radius 2 is 1.08 bits per heavy atom. The van der Waals surface area contributed by atoms with Gasteiger partial charge in [-0.05, 0) is 92.5 Å². The molecule has 2 N–H and O–H groups in total. The molecule has 1 saturated carbocycles. The van der Waals surface area contributed by atoms with Crippen molar-refractivity contribution in [3.8, 4) is 0 Å². The van der Waals surface area contributed by atoms with E-state index in [4.69, 9.17) is 0 Å². The molecule has 6 heteroatoms. The summed E-state index contributed by atoms with van der Waals surface area (Å²) < 4.78 is -0.690. The largest absolute Gasteiger partial charge is 0.345 e. The fourth-order valence-electron chi connectivity index (χ4n) is 6.35. The molecule has 2 aromatic carbocycles. The first kappa shape index (κ1) is 26.3. The second-order valence-electron chi connectivity index (χ2n) is 11.1. The molecule has 0 saturated heterocycles. The monoisotopic (exact) mass is 554 g/mol. The minimum absolute atomic E-state index is 0.0321. The standard InChI is InChI=1S/C33H34N2O2S2/c1-20(22-12-7-5-8-13-22)34-30(36)28-18-26-24-16-11-17-25(24)27-19-29(39-33(27,4)32(26,3)38-28)31(37)35-21(2)23-14-9-6-10-15-23/h5-10,12-15,18-21H,11,16-17H2,1-4H3,(H,34,36)(H,35,37)/t20-,21-,32?,33?/m1/s1. The topological polar surface area (TPSA) is 58.2 Å². The van der Waals surface area contributed by atoms with Crippen LogP contribution in [-0.4, -0.2) is 21.3 Å². The van der Waals surface area contributed by atoms with Crippen LogP contribution < -0.4 is 10.6 Å². The van der Waals surface area contributed by atoms with Gasteiger partial charge in [0.2, 0.25) is 0 Å². The molecule has 6 rings (SSSR count). The van der Waals surface area contributed by atoms with Crippen LogP contribution in [0.3, 0.4) is 0 Å². The first-order valence-electron chi connectivity index (χ1n) is 13.7. The molecule has 2 aliphatic heterocycles. The number of carbonyl (C=O) groups excluding carboxylic acids is 2. The maximum Gasteiger partial charge on any atom is 0.258 e. The van der Waals surface area contributed by atoms with Gasteiger partial charge in [-0.1, -0.05) is 60.7 Å². The predicted molar refractivity (Wildman–Crippen MR) is 162 cm³/mol. The number of amides is 2. The Balaban J connectivity index is 1.27. The third-order valence-electron chi connectivity index (χ3n) is 8.73. The van der Waals surface area contributed by atoms with Crippen LogP contribution in [0.4, 0.5) is 0 Å². The fourth-order valence-corrected chi connectivity index (χ4v) is 9.33. The van der Waals surface area contributed by atoms with Crippen LogP contribution in [0, 0.1) is 0 Å². The lowest BCUT2D eigenvalue weighted by molar-refractivity contribution is -0.118. The molecule has 0 spiro atoms. The number of allylic oxidation sites excluding steroid dienone is 4. The van der Waals surface area contributed by atoms with Crippen molar-refractivity contribution in [2.45, 2.75) is 68.5 Å². The van der Waals surface area contributed by atoms with E-state index in [-0.39, 0.29) is 33.4 Å². The Morgan fingerprint density at radius 3 is 1.46 bits per heavy atom. The predicted octanol–water partition coefficient (Wildman–Crippen LogP) is 7.31. The Morgan fingerprint density at radius 1 is 0.692 bits per heavy atom. The van der Waals surface area contributed by atoms with Crippen molar-refractivity contribution in [1.29, 1.82) is 0 Å². The third-order valence-corrected chi connectivity index (χ3v) is 12.0. The molecule has 2 amide bonds. The highest BCUT2D eigenvalue weighted by Gasteiger charge is 2.60. The van der Waals surface area contributed by atoms with E-state index in [0.717, 1.165) is 40.2 Å². The van der Waals surface area contributed by atoms with Crippen molar-refractivity contribution < 1.29 is 9.59 Å². The zero-order valence-corrected chi connectivity index (χ0v) is 24.5. The summed E-state index contributed by atoms with van der Waals surface area (Å²) in [6, 6.07) is 20.0. The third kappa shape index (κ3) is 4.33. The number of fused-ring (bicyclic) bond motifs is 4. The minimum Gasteiger partial charge on any atom is -0.345 e. The van der Waals surface area contributed by atoms with Gasteiger partial charge >= 0.3 is 0 Å². The van der Waals surface area contributed by atoms with Crippen molar-refractivity contribution in [2.24, 2.45) is 0 Å². The zero-order chi connectivity index (χ0) is 27.4. The summed E-state index contributed by atoms with van der Waals surface area (Å²) in [7, 11) is 0. The molecular formula is C33H34N2O2S2. The average Bonchev–Trinajstić information content (AvgIpc) is 3.65. The second-order valence-corrected chi connectivity index (χ2v) is 14.1. The molecule has 2 aliphatic carbocycles. The first-order chi connectivity index (χ1) is 18.7. The number of rotatable bonds is 6. The fraction of sp³-hybridized carbons (Fsp3) is 0.333. The molecule has 4 atom stereocenters. The van der Waals surface area contributed by atoms with E-state index in [2.05, 4.69) is 36.6 Å². The van der Waals surface area contributed by atoms with Gasteiger partial charge in [0.1, 0.15) is 0 Å². The van der Waals surface area contributed by atoms with Gasteiger partial charge in [0, 0.05) is 0 Å². The molecule has 0 bridgehead atoms. The van der Waals surface area contributed by atoms with Crippen LogP contribution >= 0.6 is 23.5 Å². The van der Waals surface area contributed by atoms with Gasteiger partial charge in [-0.25, -0.2) is 0 Å². The van der Waals surface area contributed by atoms with Crippen LogP contribution in [0.2, 0.25) is 0 Å².